The van der Waals surface area contributed by atoms with Gasteiger partial charge in [-0.2, -0.15) is 0 Å². The fourth-order valence-corrected chi connectivity index (χ4v) is 3.67. The summed E-state index contributed by atoms with van der Waals surface area (Å²) in [6.07, 6.45) is -0.331. The number of rotatable bonds is 3. The van der Waals surface area contributed by atoms with Crippen molar-refractivity contribution in [3.05, 3.63) is 76.8 Å². The Kier molecular flexibility index (Phi) is 3.83. The van der Waals surface area contributed by atoms with E-state index in [0.717, 1.165) is 10.8 Å². The molecule has 0 radical (unpaired) electrons. The van der Waals surface area contributed by atoms with Gasteiger partial charge in [-0.3, -0.25) is 9.59 Å². The van der Waals surface area contributed by atoms with E-state index >= 15 is 0 Å². The third-order valence-corrected chi connectivity index (χ3v) is 5.15. The number of anilines is 1. The van der Waals surface area contributed by atoms with Gasteiger partial charge in [0.15, 0.2) is 11.4 Å². The molecule has 1 aliphatic heterocycles. The van der Waals surface area contributed by atoms with Gasteiger partial charge in [-0.25, -0.2) is 0 Å². The van der Waals surface area contributed by atoms with E-state index < -0.39 is 11.5 Å². The highest BCUT2D eigenvalue weighted by molar-refractivity contribution is 6.31. The highest BCUT2D eigenvalue weighted by Crippen LogP contribution is 2.43. The molecule has 1 heterocycles. The van der Waals surface area contributed by atoms with Gasteiger partial charge >= 0.3 is 0 Å². The first-order valence-corrected chi connectivity index (χ1v) is 8.60. The molecule has 0 spiro atoms. The van der Waals surface area contributed by atoms with Crippen LogP contribution in [0.1, 0.15) is 22.3 Å². The molecule has 0 saturated carbocycles. The number of carbonyl (C=O) groups is 2. The zero-order valence-corrected chi connectivity index (χ0v) is 14.8. The lowest BCUT2D eigenvalue weighted by Gasteiger charge is -2.21. The van der Waals surface area contributed by atoms with Crippen LogP contribution in [0.25, 0.3) is 10.8 Å². The number of fused-ring (bicyclic) bond motifs is 2. The molecule has 0 saturated heterocycles. The number of hydrogen-bond acceptors (Lipinski definition) is 3. The Morgan fingerprint density at radius 2 is 1.81 bits per heavy atom. The molecule has 1 N–H and O–H groups in total. The second-order valence-corrected chi connectivity index (χ2v) is 6.98. The SMILES string of the molecule is CN1C(=O)[C@](O)(CC(=O)c2ccc3ccccc3c2)c2cc(Cl)ccc21. The van der Waals surface area contributed by atoms with Crippen molar-refractivity contribution in [3.8, 4) is 0 Å². The van der Waals surface area contributed by atoms with Crippen LogP contribution in [-0.2, 0) is 10.4 Å². The van der Waals surface area contributed by atoms with Gasteiger partial charge < -0.3 is 10.0 Å². The molecule has 4 nitrogen and oxygen atoms in total. The Morgan fingerprint density at radius 1 is 1.08 bits per heavy atom. The van der Waals surface area contributed by atoms with Crippen LogP contribution < -0.4 is 4.90 Å². The molecule has 0 bridgehead atoms. The molecule has 3 aromatic carbocycles. The second-order valence-electron chi connectivity index (χ2n) is 6.55. The van der Waals surface area contributed by atoms with E-state index in [9.17, 15) is 14.7 Å². The molecule has 130 valence electrons. The van der Waals surface area contributed by atoms with Crippen molar-refractivity contribution in [2.24, 2.45) is 0 Å². The second kappa shape index (κ2) is 5.94. The van der Waals surface area contributed by atoms with E-state index in [1.165, 1.54) is 4.90 Å². The van der Waals surface area contributed by atoms with Crippen LogP contribution in [0.3, 0.4) is 0 Å². The van der Waals surface area contributed by atoms with Gasteiger partial charge in [0.25, 0.3) is 5.91 Å². The van der Waals surface area contributed by atoms with E-state index in [1.807, 2.05) is 30.3 Å². The molecule has 4 rings (SSSR count). The number of amides is 1. The number of ketones is 1. The Labute approximate surface area is 155 Å². The maximum atomic E-state index is 12.8. The zero-order chi connectivity index (χ0) is 18.5. The van der Waals surface area contributed by atoms with Crippen LogP contribution in [0.15, 0.2) is 60.7 Å². The fraction of sp³-hybridized carbons (Fsp3) is 0.143. The van der Waals surface area contributed by atoms with Gasteiger partial charge in [-0.05, 0) is 35.0 Å². The maximum Gasteiger partial charge on any atom is 0.263 e. The number of carbonyl (C=O) groups excluding carboxylic acids is 2. The van der Waals surface area contributed by atoms with Gasteiger partial charge in [0.1, 0.15) is 0 Å². The number of hydrogen-bond donors (Lipinski definition) is 1. The normalized spacial score (nSPS) is 19.0. The first-order valence-electron chi connectivity index (χ1n) is 8.23. The molecule has 1 amide bonds. The van der Waals surface area contributed by atoms with Crippen molar-refractivity contribution in [1.29, 1.82) is 0 Å². The summed E-state index contributed by atoms with van der Waals surface area (Å²) < 4.78 is 0. The van der Waals surface area contributed by atoms with Gasteiger partial charge in [-0.1, -0.05) is 48.0 Å². The van der Waals surface area contributed by atoms with Crippen molar-refractivity contribution in [2.45, 2.75) is 12.0 Å². The standard InChI is InChI=1S/C21H16ClNO3/c1-23-18-9-8-16(22)11-17(18)21(26,20(23)25)12-19(24)15-7-6-13-4-2-3-5-14(13)10-15/h2-11,26H,12H2,1H3/t21-/m0/s1. The van der Waals surface area contributed by atoms with Crippen molar-refractivity contribution in [1.82, 2.24) is 0 Å². The van der Waals surface area contributed by atoms with Gasteiger partial charge in [-0.15, -0.1) is 0 Å². The summed E-state index contributed by atoms with van der Waals surface area (Å²) in [5.41, 5.74) is -0.513. The summed E-state index contributed by atoms with van der Waals surface area (Å²) in [5.74, 6) is -0.822. The predicted octanol–water partition coefficient (Wildman–Crippen LogP) is 3.93. The summed E-state index contributed by atoms with van der Waals surface area (Å²) in [6, 6.07) is 18.0. The van der Waals surface area contributed by atoms with Crippen molar-refractivity contribution >= 4 is 39.8 Å². The van der Waals surface area contributed by atoms with Gasteiger partial charge in [0.05, 0.1) is 12.1 Å². The van der Waals surface area contributed by atoms with Crippen molar-refractivity contribution in [3.63, 3.8) is 0 Å². The van der Waals surface area contributed by atoms with E-state index in [-0.39, 0.29) is 12.2 Å². The van der Waals surface area contributed by atoms with E-state index in [2.05, 4.69) is 0 Å². The van der Waals surface area contributed by atoms with E-state index in [1.54, 1.807) is 37.4 Å². The number of aliphatic hydroxyl groups is 1. The summed E-state index contributed by atoms with van der Waals surface area (Å²) in [6.45, 7) is 0. The summed E-state index contributed by atoms with van der Waals surface area (Å²) in [4.78, 5) is 26.8. The first-order chi connectivity index (χ1) is 12.4. The fourth-order valence-electron chi connectivity index (χ4n) is 3.50. The average Bonchev–Trinajstić information content (AvgIpc) is 2.82. The van der Waals surface area contributed by atoms with Crippen LogP contribution in [0.4, 0.5) is 5.69 Å². The summed E-state index contributed by atoms with van der Waals surface area (Å²) in [7, 11) is 1.58. The van der Waals surface area contributed by atoms with Crippen LogP contribution in [-0.4, -0.2) is 23.8 Å². The lowest BCUT2D eigenvalue weighted by Crippen LogP contribution is -2.40. The van der Waals surface area contributed by atoms with Crippen molar-refractivity contribution < 1.29 is 14.7 Å². The first kappa shape index (κ1) is 16.8. The largest absolute Gasteiger partial charge is 0.375 e. The maximum absolute atomic E-state index is 12.8. The smallest absolute Gasteiger partial charge is 0.263 e. The minimum atomic E-state index is -1.91. The van der Waals surface area contributed by atoms with Crippen LogP contribution in [0, 0.1) is 0 Å². The molecule has 0 aliphatic carbocycles. The molecule has 3 aromatic rings. The minimum absolute atomic E-state index is 0.298. The molecule has 26 heavy (non-hydrogen) atoms. The van der Waals surface area contributed by atoms with E-state index in [4.69, 9.17) is 11.6 Å². The lowest BCUT2D eigenvalue weighted by molar-refractivity contribution is -0.135. The van der Waals surface area contributed by atoms with Crippen LogP contribution in [0.2, 0.25) is 5.02 Å². The summed E-state index contributed by atoms with van der Waals surface area (Å²) >= 11 is 6.04. The third kappa shape index (κ3) is 2.50. The molecule has 0 fully saturated rings. The summed E-state index contributed by atoms with van der Waals surface area (Å²) in [5, 5.41) is 13.4. The highest BCUT2D eigenvalue weighted by atomic mass is 35.5. The average molecular weight is 366 g/mol. The predicted molar refractivity (Wildman–Crippen MR) is 102 cm³/mol. The molecular weight excluding hydrogens is 350 g/mol. The quantitative estimate of drug-likeness (QED) is 0.715. The Hall–Kier alpha value is -2.69. The van der Waals surface area contributed by atoms with Crippen LogP contribution in [0.5, 0.6) is 0 Å². The molecule has 1 atom stereocenters. The molecular formula is C21H16ClNO3. The molecule has 0 aromatic heterocycles. The molecule has 5 heteroatoms. The minimum Gasteiger partial charge on any atom is -0.375 e. The monoisotopic (exact) mass is 365 g/mol. The molecule has 1 aliphatic rings. The number of nitrogens with zero attached hydrogens (tertiary/aromatic N) is 1. The van der Waals surface area contributed by atoms with E-state index in [0.29, 0.717) is 21.8 Å². The number of halogens is 1. The third-order valence-electron chi connectivity index (χ3n) is 4.91. The Bertz CT molecular complexity index is 1060. The number of likely N-dealkylation sites (N-methyl/N-ethyl adjacent to an activating group) is 1. The zero-order valence-electron chi connectivity index (χ0n) is 14.1. The Morgan fingerprint density at radius 3 is 2.58 bits per heavy atom. The molecule has 0 unspecified atom stereocenters. The van der Waals surface area contributed by atoms with Crippen LogP contribution >= 0.6 is 11.6 Å². The van der Waals surface area contributed by atoms with Gasteiger partial charge in [0.2, 0.25) is 0 Å². The number of Topliss-reactive ketones (excluding diaryl/α,β-unsaturated/α-hetero) is 1. The number of benzene rings is 3. The van der Waals surface area contributed by atoms with Gasteiger partial charge in [0, 0.05) is 23.2 Å². The van der Waals surface area contributed by atoms with Crippen molar-refractivity contribution in [2.75, 3.05) is 11.9 Å². The highest BCUT2D eigenvalue weighted by Gasteiger charge is 2.49. The Balaban J connectivity index is 1.72. The topological polar surface area (TPSA) is 57.6 Å². The lowest BCUT2D eigenvalue weighted by atomic mass is 9.87.